The van der Waals surface area contributed by atoms with E-state index < -0.39 is 5.60 Å². The minimum Gasteiger partial charge on any atom is -0.485 e. The topological polar surface area (TPSA) is 95.5 Å². The van der Waals surface area contributed by atoms with Gasteiger partial charge in [0.2, 0.25) is 0 Å². The molecule has 1 atom stereocenters. The van der Waals surface area contributed by atoms with Gasteiger partial charge in [-0.3, -0.25) is 4.68 Å². The summed E-state index contributed by atoms with van der Waals surface area (Å²) < 4.78 is 26.9. The lowest BCUT2D eigenvalue weighted by Crippen LogP contribution is -2.37. The summed E-state index contributed by atoms with van der Waals surface area (Å²) >= 11 is 0. The van der Waals surface area contributed by atoms with E-state index in [1.54, 1.807) is 23.2 Å². The fraction of sp³-hybridized carbons (Fsp3) is 0.423. The van der Waals surface area contributed by atoms with Gasteiger partial charge in [0.05, 0.1) is 5.69 Å². The number of pyridine rings is 1. The second-order valence-electron chi connectivity index (χ2n) is 10.3. The highest BCUT2D eigenvalue weighted by Gasteiger charge is 2.47. The molecular weight excluding hydrogens is 449 g/mol. The van der Waals surface area contributed by atoms with Gasteiger partial charge in [0.15, 0.2) is 11.6 Å². The van der Waals surface area contributed by atoms with Crippen molar-refractivity contribution in [3.8, 4) is 17.0 Å². The van der Waals surface area contributed by atoms with E-state index in [9.17, 15) is 9.18 Å². The molecule has 2 aliphatic heterocycles. The first-order valence-corrected chi connectivity index (χ1v) is 11.8. The summed E-state index contributed by atoms with van der Waals surface area (Å²) in [6.07, 6.45) is 3.22. The van der Waals surface area contributed by atoms with Crippen LogP contribution >= 0.6 is 0 Å². The van der Waals surface area contributed by atoms with Crippen LogP contribution in [-0.4, -0.2) is 44.4 Å². The summed E-state index contributed by atoms with van der Waals surface area (Å²) in [5, 5.41) is 4.81. The Kier molecular flexibility index (Phi) is 5.65. The number of carbonyl (C=O) groups is 1. The standard InChI is InChI=1S/C26H30FN5O3/c1-25(2,3)35-24(33)31-9-7-26(16-31)8-10-32-22(26)13-20(30-32)18-12-21(23(28)29-14-18)34-15-17-5-4-6-19(27)11-17/h4-6,11-14H,7-10,15-16H2,1-3H3,(H2,28,29)/t26-/m1/s1. The first-order chi connectivity index (χ1) is 16.6. The molecule has 8 nitrogen and oxygen atoms in total. The Bertz CT molecular complexity index is 1270. The SMILES string of the molecule is CC(C)(C)OC(=O)N1CC[C@@]2(CCn3nc(-c4cnc(N)c(OCc5cccc(F)c5)c4)cc32)C1. The van der Waals surface area contributed by atoms with Gasteiger partial charge >= 0.3 is 6.09 Å². The molecule has 2 N–H and O–H groups in total. The highest BCUT2D eigenvalue weighted by atomic mass is 19.1. The van der Waals surface area contributed by atoms with Gasteiger partial charge in [-0.25, -0.2) is 14.2 Å². The quantitative estimate of drug-likeness (QED) is 0.591. The zero-order valence-electron chi connectivity index (χ0n) is 20.3. The number of aryl methyl sites for hydroxylation is 1. The number of nitrogen functional groups attached to an aromatic ring is 1. The van der Waals surface area contributed by atoms with E-state index in [1.165, 1.54) is 12.1 Å². The van der Waals surface area contributed by atoms with Gasteiger partial charge in [0, 0.05) is 42.5 Å². The molecule has 184 valence electrons. The predicted molar refractivity (Wildman–Crippen MR) is 129 cm³/mol. The molecule has 3 aromatic rings. The monoisotopic (exact) mass is 479 g/mol. The molecule has 2 aliphatic rings. The number of nitrogens with two attached hydrogens (primary N) is 1. The molecule has 1 fully saturated rings. The third-order valence-corrected chi connectivity index (χ3v) is 6.59. The Morgan fingerprint density at radius 3 is 2.77 bits per heavy atom. The van der Waals surface area contributed by atoms with Gasteiger partial charge in [-0.05, 0) is 63.4 Å². The van der Waals surface area contributed by atoms with Crippen LogP contribution in [0, 0.1) is 5.82 Å². The molecule has 1 amide bonds. The van der Waals surface area contributed by atoms with Crippen LogP contribution in [0.1, 0.15) is 44.9 Å². The second-order valence-corrected chi connectivity index (χ2v) is 10.3. The molecule has 2 aromatic heterocycles. The Morgan fingerprint density at radius 2 is 2.00 bits per heavy atom. The zero-order chi connectivity index (χ0) is 24.8. The Hall–Kier alpha value is -3.62. The summed E-state index contributed by atoms with van der Waals surface area (Å²) in [7, 11) is 0. The molecule has 9 heteroatoms. The van der Waals surface area contributed by atoms with Crippen molar-refractivity contribution >= 4 is 11.9 Å². The summed E-state index contributed by atoms with van der Waals surface area (Å²) in [5.41, 5.74) is 8.77. The number of rotatable bonds is 4. The van der Waals surface area contributed by atoms with Crippen molar-refractivity contribution in [2.45, 2.75) is 57.8 Å². The molecule has 4 heterocycles. The summed E-state index contributed by atoms with van der Waals surface area (Å²) in [6, 6.07) is 10.1. The molecule has 0 bridgehead atoms. The fourth-order valence-electron chi connectivity index (χ4n) is 4.87. The number of anilines is 1. The third-order valence-electron chi connectivity index (χ3n) is 6.59. The van der Waals surface area contributed by atoms with Crippen LogP contribution in [0.25, 0.3) is 11.3 Å². The zero-order valence-corrected chi connectivity index (χ0v) is 20.3. The maximum atomic E-state index is 13.5. The van der Waals surface area contributed by atoms with E-state index in [4.69, 9.17) is 20.3 Å². The molecule has 1 spiro atoms. The van der Waals surface area contributed by atoms with Crippen molar-refractivity contribution in [2.24, 2.45) is 0 Å². The lowest BCUT2D eigenvalue weighted by atomic mass is 9.82. The number of halogens is 1. The highest BCUT2D eigenvalue weighted by Crippen LogP contribution is 2.44. The second kappa shape index (κ2) is 8.55. The van der Waals surface area contributed by atoms with Crippen LogP contribution in [0.4, 0.5) is 15.0 Å². The summed E-state index contributed by atoms with van der Waals surface area (Å²) in [4.78, 5) is 18.7. The van der Waals surface area contributed by atoms with Gasteiger partial charge in [-0.15, -0.1) is 0 Å². The summed E-state index contributed by atoms with van der Waals surface area (Å²) in [5.74, 6) is 0.369. The molecule has 1 saturated heterocycles. The largest absolute Gasteiger partial charge is 0.485 e. The number of hydrogen-bond acceptors (Lipinski definition) is 6. The number of nitrogens with zero attached hydrogens (tertiary/aromatic N) is 4. The number of hydrogen-bond donors (Lipinski definition) is 1. The smallest absolute Gasteiger partial charge is 0.410 e. The van der Waals surface area contributed by atoms with Gasteiger partial charge in [-0.2, -0.15) is 5.10 Å². The van der Waals surface area contributed by atoms with Crippen LogP contribution in [0.5, 0.6) is 5.75 Å². The lowest BCUT2D eigenvalue weighted by molar-refractivity contribution is 0.0284. The van der Waals surface area contributed by atoms with Crippen LogP contribution in [0.3, 0.4) is 0 Å². The Labute approximate surface area is 203 Å². The van der Waals surface area contributed by atoms with E-state index in [-0.39, 0.29) is 29.8 Å². The van der Waals surface area contributed by atoms with E-state index in [1.807, 2.05) is 31.5 Å². The van der Waals surface area contributed by atoms with Crippen LogP contribution in [0.15, 0.2) is 42.6 Å². The van der Waals surface area contributed by atoms with Crippen molar-refractivity contribution in [1.82, 2.24) is 19.7 Å². The van der Waals surface area contributed by atoms with Gasteiger partial charge in [-0.1, -0.05) is 12.1 Å². The number of carbonyl (C=O) groups excluding carboxylic acids is 1. The van der Waals surface area contributed by atoms with Crippen molar-refractivity contribution in [1.29, 1.82) is 0 Å². The van der Waals surface area contributed by atoms with Crippen molar-refractivity contribution in [3.05, 3.63) is 59.7 Å². The Morgan fingerprint density at radius 1 is 1.20 bits per heavy atom. The number of benzene rings is 1. The minimum atomic E-state index is -0.520. The average molecular weight is 480 g/mol. The molecule has 0 saturated carbocycles. The Balaban J connectivity index is 1.34. The highest BCUT2D eigenvalue weighted by molar-refractivity contribution is 5.69. The summed E-state index contributed by atoms with van der Waals surface area (Å²) in [6.45, 7) is 7.89. The van der Waals surface area contributed by atoms with Crippen LogP contribution < -0.4 is 10.5 Å². The van der Waals surface area contributed by atoms with Crippen molar-refractivity contribution in [3.63, 3.8) is 0 Å². The maximum Gasteiger partial charge on any atom is 0.410 e. The van der Waals surface area contributed by atoms with Crippen LogP contribution in [0.2, 0.25) is 0 Å². The third kappa shape index (κ3) is 4.67. The minimum absolute atomic E-state index is 0.125. The number of aromatic nitrogens is 3. The van der Waals surface area contributed by atoms with Gasteiger partial charge < -0.3 is 20.1 Å². The number of amides is 1. The molecule has 5 rings (SSSR count). The first-order valence-electron chi connectivity index (χ1n) is 11.8. The molecule has 0 radical (unpaired) electrons. The molecular formula is C26H30FN5O3. The molecule has 0 aliphatic carbocycles. The first kappa shape index (κ1) is 23.1. The molecule has 35 heavy (non-hydrogen) atoms. The van der Waals surface area contributed by atoms with Crippen LogP contribution in [-0.2, 0) is 23.3 Å². The van der Waals surface area contributed by atoms with E-state index >= 15 is 0 Å². The lowest BCUT2D eigenvalue weighted by Gasteiger charge is -2.26. The molecule has 1 aromatic carbocycles. The number of likely N-dealkylation sites (tertiary alicyclic amines) is 1. The maximum absolute atomic E-state index is 13.5. The van der Waals surface area contributed by atoms with E-state index in [2.05, 4.69) is 11.1 Å². The number of fused-ring (bicyclic) bond motifs is 2. The molecule has 0 unspecified atom stereocenters. The predicted octanol–water partition coefficient (Wildman–Crippen LogP) is 4.53. The normalized spacial score (nSPS) is 19.3. The van der Waals surface area contributed by atoms with E-state index in [0.717, 1.165) is 36.3 Å². The number of ether oxygens (including phenoxy) is 2. The van der Waals surface area contributed by atoms with Crippen molar-refractivity contribution in [2.75, 3.05) is 18.8 Å². The van der Waals surface area contributed by atoms with Gasteiger partial charge in [0.25, 0.3) is 0 Å². The fourth-order valence-corrected chi connectivity index (χ4v) is 4.87. The van der Waals surface area contributed by atoms with E-state index in [0.29, 0.717) is 24.4 Å². The van der Waals surface area contributed by atoms with Gasteiger partial charge in [0.1, 0.15) is 18.0 Å². The van der Waals surface area contributed by atoms with Crippen molar-refractivity contribution < 1.29 is 18.7 Å². The average Bonchev–Trinajstić information content (AvgIpc) is 3.49.